The molecule has 4 N–H and O–H groups in total. The number of benzene rings is 1. The average Bonchev–Trinajstić information content (AvgIpc) is 2.60. The second-order valence-corrected chi connectivity index (χ2v) is 6.25. The van der Waals surface area contributed by atoms with Crippen LogP contribution < -0.4 is 11.5 Å². The largest absolute Gasteiger partial charge is 0.491 e. The second-order valence-electron chi connectivity index (χ2n) is 6.25. The van der Waals surface area contributed by atoms with Gasteiger partial charge in [-0.15, -0.1) is 0 Å². The van der Waals surface area contributed by atoms with E-state index in [-0.39, 0.29) is 12.2 Å². The number of anilines is 1. The van der Waals surface area contributed by atoms with E-state index in [0.29, 0.717) is 5.56 Å². The molecule has 0 aromatic heterocycles. The molecule has 114 valence electrons. The van der Waals surface area contributed by atoms with Crippen LogP contribution in [0.1, 0.15) is 33.3 Å². The van der Waals surface area contributed by atoms with Gasteiger partial charge in [0, 0.05) is 6.54 Å². The van der Waals surface area contributed by atoms with E-state index in [4.69, 9.17) is 20.8 Å². The molecule has 0 spiro atoms. The minimum Gasteiger partial charge on any atom is -0.400 e. The van der Waals surface area contributed by atoms with Crippen LogP contribution in [0.15, 0.2) is 23.7 Å². The van der Waals surface area contributed by atoms with Gasteiger partial charge in [-0.1, -0.05) is 18.2 Å². The SMILES string of the molecule is CC1(C)OB(C(=Cc2cccc(F)c2N)CN)OC1(C)C. The lowest BCUT2D eigenvalue weighted by Gasteiger charge is -2.32. The molecule has 2 rings (SSSR count). The Kier molecular flexibility index (Phi) is 4.15. The number of hydrogen-bond donors (Lipinski definition) is 2. The minimum absolute atomic E-state index is 0.0972. The summed E-state index contributed by atoms with van der Waals surface area (Å²) in [5, 5.41) is 0. The smallest absolute Gasteiger partial charge is 0.400 e. The van der Waals surface area contributed by atoms with Crippen LogP contribution in [0.4, 0.5) is 10.1 Å². The van der Waals surface area contributed by atoms with E-state index < -0.39 is 24.1 Å². The molecular weight excluding hydrogens is 270 g/mol. The third-order valence-corrected chi connectivity index (χ3v) is 4.22. The van der Waals surface area contributed by atoms with Crippen molar-refractivity contribution in [1.29, 1.82) is 0 Å². The molecule has 0 bridgehead atoms. The zero-order valence-electron chi connectivity index (χ0n) is 12.9. The molecule has 1 aliphatic heterocycles. The van der Waals surface area contributed by atoms with Crippen LogP contribution in [0.2, 0.25) is 0 Å². The molecule has 1 aromatic rings. The van der Waals surface area contributed by atoms with Crippen LogP contribution in [-0.4, -0.2) is 24.9 Å². The lowest BCUT2D eigenvalue weighted by Crippen LogP contribution is -2.41. The van der Waals surface area contributed by atoms with Crippen molar-refractivity contribution in [2.75, 3.05) is 12.3 Å². The van der Waals surface area contributed by atoms with Crippen LogP contribution in [-0.2, 0) is 9.31 Å². The first-order chi connectivity index (χ1) is 9.68. The first-order valence-electron chi connectivity index (χ1n) is 6.98. The molecule has 6 heteroatoms. The van der Waals surface area contributed by atoms with Crippen LogP contribution in [0, 0.1) is 5.82 Å². The summed E-state index contributed by atoms with van der Waals surface area (Å²) in [4.78, 5) is 0. The van der Waals surface area contributed by atoms with Gasteiger partial charge in [-0.3, -0.25) is 0 Å². The number of nitrogens with two attached hydrogens (primary N) is 2. The maximum absolute atomic E-state index is 13.5. The predicted molar refractivity (Wildman–Crippen MR) is 83.9 cm³/mol. The van der Waals surface area contributed by atoms with Gasteiger partial charge in [0.1, 0.15) is 5.82 Å². The molecule has 1 aromatic carbocycles. The molecule has 1 fully saturated rings. The van der Waals surface area contributed by atoms with Crippen molar-refractivity contribution in [3.05, 3.63) is 35.1 Å². The fourth-order valence-electron chi connectivity index (χ4n) is 2.10. The highest BCUT2D eigenvalue weighted by Crippen LogP contribution is 2.38. The van der Waals surface area contributed by atoms with E-state index in [1.165, 1.54) is 6.07 Å². The average molecular weight is 292 g/mol. The van der Waals surface area contributed by atoms with Gasteiger partial charge in [0.2, 0.25) is 0 Å². The second kappa shape index (κ2) is 5.44. The zero-order valence-corrected chi connectivity index (χ0v) is 12.9. The molecule has 0 radical (unpaired) electrons. The van der Waals surface area contributed by atoms with E-state index in [0.717, 1.165) is 5.47 Å². The molecular formula is C15H22BFN2O2. The van der Waals surface area contributed by atoms with E-state index in [9.17, 15) is 4.39 Å². The molecule has 0 amide bonds. The Labute approximate surface area is 125 Å². The molecule has 0 unspecified atom stereocenters. The number of hydrogen-bond acceptors (Lipinski definition) is 4. The first kappa shape index (κ1) is 16.0. The van der Waals surface area contributed by atoms with Gasteiger partial charge in [-0.25, -0.2) is 4.39 Å². The molecule has 0 aliphatic carbocycles. The van der Waals surface area contributed by atoms with Crippen molar-refractivity contribution in [2.24, 2.45) is 5.73 Å². The summed E-state index contributed by atoms with van der Waals surface area (Å²) in [6, 6.07) is 4.67. The van der Waals surface area contributed by atoms with Crippen LogP contribution in [0.25, 0.3) is 6.08 Å². The van der Waals surface area contributed by atoms with E-state index in [1.54, 1.807) is 18.2 Å². The number of halogens is 1. The Morgan fingerprint density at radius 3 is 2.33 bits per heavy atom. The van der Waals surface area contributed by atoms with Gasteiger partial charge in [-0.05, 0) is 44.8 Å². The van der Waals surface area contributed by atoms with Crippen molar-refractivity contribution >= 4 is 18.9 Å². The highest BCUT2D eigenvalue weighted by atomic mass is 19.1. The Morgan fingerprint density at radius 2 is 1.81 bits per heavy atom. The Bertz CT molecular complexity index is 557. The van der Waals surface area contributed by atoms with Crippen molar-refractivity contribution < 1.29 is 13.7 Å². The molecule has 21 heavy (non-hydrogen) atoms. The van der Waals surface area contributed by atoms with Crippen molar-refractivity contribution in [3.8, 4) is 0 Å². The Hall–Kier alpha value is -1.37. The van der Waals surface area contributed by atoms with Crippen LogP contribution in [0.3, 0.4) is 0 Å². The van der Waals surface area contributed by atoms with Gasteiger partial charge >= 0.3 is 7.12 Å². The van der Waals surface area contributed by atoms with Gasteiger partial charge in [0.25, 0.3) is 0 Å². The summed E-state index contributed by atoms with van der Waals surface area (Å²) >= 11 is 0. The van der Waals surface area contributed by atoms with Gasteiger partial charge < -0.3 is 20.8 Å². The third kappa shape index (κ3) is 2.97. The summed E-state index contributed by atoms with van der Waals surface area (Å²) in [5.41, 5.74) is 12.1. The van der Waals surface area contributed by atoms with E-state index in [1.807, 2.05) is 27.7 Å². The van der Waals surface area contributed by atoms with Gasteiger partial charge in [-0.2, -0.15) is 0 Å². The molecule has 1 aliphatic rings. The third-order valence-electron chi connectivity index (χ3n) is 4.22. The van der Waals surface area contributed by atoms with Crippen molar-refractivity contribution in [2.45, 2.75) is 38.9 Å². The Morgan fingerprint density at radius 1 is 1.24 bits per heavy atom. The standard InChI is InChI=1S/C15H22BFN2O2/c1-14(2)15(3,4)21-16(20-14)11(9-18)8-10-6-5-7-12(17)13(10)19/h5-8H,9,18-19H2,1-4H3. The fourth-order valence-corrected chi connectivity index (χ4v) is 2.10. The predicted octanol–water partition coefficient (Wildman–Crippen LogP) is 2.38. The minimum atomic E-state index is -0.553. The maximum atomic E-state index is 13.5. The summed E-state index contributed by atoms with van der Waals surface area (Å²) in [7, 11) is -0.553. The quantitative estimate of drug-likeness (QED) is 0.663. The van der Waals surface area contributed by atoms with Crippen LogP contribution >= 0.6 is 0 Å². The number of nitrogen functional groups attached to an aromatic ring is 1. The molecule has 1 saturated heterocycles. The van der Waals surface area contributed by atoms with Crippen molar-refractivity contribution in [3.63, 3.8) is 0 Å². The summed E-state index contributed by atoms with van der Waals surface area (Å²) in [6.07, 6.45) is 1.74. The fraction of sp³-hybridized carbons (Fsp3) is 0.467. The molecule has 4 nitrogen and oxygen atoms in total. The molecule has 0 saturated carbocycles. The summed E-state index contributed by atoms with van der Waals surface area (Å²) in [5.74, 6) is -0.450. The van der Waals surface area contributed by atoms with Crippen LogP contribution in [0.5, 0.6) is 0 Å². The molecule has 0 atom stereocenters. The van der Waals surface area contributed by atoms with E-state index in [2.05, 4.69) is 0 Å². The highest BCUT2D eigenvalue weighted by Gasteiger charge is 2.52. The topological polar surface area (TPSA) is 70.5 Å². The normalized spacial score (nSPS) is 20.9. The number of para-hydroxylation sites is 1. The van der Waals surface area contributed by atoms with Gasteiger partial charge in [0.15, 0.2) is 0 Å². The Balaban J connectivity index is 2.33. The monoisotopic (exact) mass is 292 g/mol. The lowest BCUT2D eigenvalue weighted by atomic mass is 9.77. The highest BCUT2D eigenvalue weighted by molar-refractivity contribution is 6.56. The zero-order chi connectivity index (χ0) is 15.8. The number of rotatable bonds is 3. The van der Waals surface area contributed by atoms with Crippen molar-refractivity contribution in [1.82, 2.24) is 0 Å². The van der Waals surface area contributed by atoms with Gasteiger partial charge in [0.05, 0.1) is 16.9 Å². The van der Waals surface area contributed by atoms with E-state index >= 15 is 0 Å². The summed E-state index contributed by atoms with van der Waals surface area (Å²) < 4.78 is 25.4. The lowest BCUT2D eigenvalue weighted by molar-refractivity contribution is 0.00578. The molecule has 1 heterocycles. The summed E-state index contributed by atoms with van der Waals surface area (Å²) in [6.45, 7) is 8.12. The maximum Gasteiger partial charge on any atom is 0.491 e. The first-order valence-corrected chi connectivity index (χ1v) is 6.98.